The van der Waals surface area contributed by atoms with Crippen LogP contribution >= 0.6 is 12.6 Å². The van der Waals surface area contributed by atoms with Gasteiger partial charge in [0.25, 0.3) is 0 Å². The zero-order chi connectivity index (χ0) is 6.69. The number of rotatable bonds is 3. The van der Waals surface area contributed by atoms with Crippen molar-refractivity contribution in [3.05, 3.63) is 0 Å². The molecule has 0 aromatic carbocycles. The summed E-state index contributed by atoms with van der Waals surface area (Å²) in [5, 5.41) is 0.0434. The van der Waals surface area contributed by atoms with Crippen molar-refractivity contribution in [1.82, 2.24) is 0 Å². The fourth-order valence-electron chi connectivity index (χ4n) is 1.11. The summed E-state index contributed by atoms with van der Waals surface area (Å²) in [7, 11) is 0. The Morgan fingerprint density at radius 3 is 2.56 bits per heavy atom. The fourth-order valence-corrected chi connectivity index (χ4v) is 1.24. The van der Waals surface area contributed by atoms with E-state index in [9.17, 15) is 4.79 Å². The molecule has 0 N–H and O–H groups in total. The van der Waals surface area contributed by atoms with Crippen molar-refractivity contribution in [1.29, 1.82) is 0 Å². The summed E-state index contributed by atoms with van der Waals surface area (Å²) in [6.07, 6.45) is 5.78. The SMILES string of the molecule is O=C(S)CCC1CCC1. The molecule has 0 atom stereocenters. The van der Waals surface area contributed by atoms with Crippen molar-refractivity contribution in [2.45, 2.75) is 32.1 Å². The summed E-state index contributed by atoms with van der Waals surface area (Å²) in [6, 6.07) is 0. The Labute approximate surface area is 61.2 Å². The van der Waals surface area contributed by atoms with Crippen LogP contribution in [0.3, 0.4) is 0 Å². The molecule has 1 fully saturated rings. The predicted molar refractivity (Wildman–Crippen MR) is 40.6 cm³/mol. The molecular formula is C7H12OS. The summed E-state index contributed by atoms with van der Waals surface area (Å²) in [6.45, 7) is 0. The third-order valence-electron chi connectivity index (χ3n) is 1.99. The summed E-state index contributed by atoms with van der Waals surface area (Å²) < 4.78 is 0. The van der Waals surface area contributed by atoms with Crippen molar-refractivity contribution < 1.29 is 4.79 Å². The summed E-state index contributed by atoms with van der Waals surface area (Å²) >= 11 is 3.70. The smallest absolute Gasteiger partial charge is 0.185 e. The van der Waals surface area contributed by atoms with Crippen LogP contribution in [0.15, 0.2) is 0 Å². The first-order valence-corrected chi connectivity index (χ1v) is 3.95. The molecule has 0 saturated heterocycles. The van der Waals surface area contributed by atoms with Crippen LogP contribution in [0.4, 0.5) is 0 Å². The quantitative estimate of drug-likeness (QED) is 0.600. The highest BCUT2D eigenvalue weighted by Crippen LogP contribution is 2.30. The van der Waals surface area contributed by atoms with Crippen LogP contribution in [0.2, 0.25) is 0 Å². The van der Waals surface area contributed by atoms with E-state index in [1.807, 2.05) is 0 Å². The molecule has 0 spiro atoms. The Morgan fingerprint density at radius 1 is 1.56 bits per heavy atom. The topological polar surface area (TPSA) is 17.1 Å². The van der Waals surface area contributed by atoms with Gasteiger partial charge in [-0.1, -0.05) is 19.3 Å². The van der Waals surface area contributed by atoms with Gasteiger partial charge in [0.2, 0.25) is 0 Å². The molecule has 0 aliphatic heterocycles. The first kappa shape index (κ1) is 7.13. The van der Waals surface area contributed by atoms with Gasteiger partial charge in [0.15, 0.2) is 5.12 Å². The van der Waals surface area contributed by atoms with Gasteiger partial charge in [-0.05, 0) is 12.3 Å². The minimum absolute atomic E-state index is 0.0434. The lowest BCUT2D eigenvalue weighted by atomic mass is 9.82. The van der Waals surface area contributed by atoms with E-state index in [-0.39, 0.29) is 5.12 Å². The number of hydrogen-bond acceptors (Lipinski definition) is 1. The largest absolute Gasteiger partial charge is 0.288 e. The molecular weight excluding hydrogens is 132 g/mol. The van der Waals surface area contributed by atoms with Crippen LogP contribution < -0.4 is 0 Å². The van der Waals surface area contributed by atoms with E-state index in [0.29, 0.717) is 6.42 Å². The number of hydrogen-bond donors (Lipinski definition) is 1. The van der Waals surface area contributed by atoms with Crippen LogP contribution in [0.25, 0.3) is 0 Å². The molecule has 1 aliphatic rings. The zero-order valence-corrected chi connectivity index (χ0v) is 6.36. The molecule has 9 heavy (non-hydrogen) atoms. The average Bonchev–Trinajstić information content (AvgIpc) is 1.60. The lowest BCUT2D eigenvalue weighted by molar-refractivity contribution is -0.111. The van der Waals surface area contributed by atoms with Gasteiger partial charge in [-0.15, -0.1) is 12.6 Å². The van der Waals surface area contributed by atoms with Crippen LogP contribution in [0, 0.1) is 5.92 Å². The third kappa shape index (κ3) is 2.39. The molecule has 0 unspecified atom stereocenters. The molecule has 1 saturated carbocycles. The monoisotopic (exact) mass is 144 g/mol. The molecule has 0 radical (unpaired) electrons. The molecule has 0 aromatic heterocycles. The second-order valence-corrected chi connectivity index (χ2v) is 3.23. The van der Waals surface area contributed by atoms with Crippen molar-refractivity contribution in [3.63, 3.8) is 0 Å². The maximum atomic E-state index is 10.4. The van der Waals surface area contributed by atoms with E-state index in [2.05, 4.69) is 12.6 Å². The van der Waals surface area contributed by atoms with E-state index in [4.69, 9.17) is 0 Å². The number of carbonyl (C=O) groups excluding carboxylic acids is 1. The fraction of sp³-hybridized carbons (Fsp3) is 0.857. The summed E-state index contributed by atoms with van der Waals surface area (Å²) in [4.78, 5) is 10.4. The highest BCUT2D eigenvalue weighted by atomic mass is 32.1. The molecule has 0 aromatic rings. The standard InChI is InChI=1S/C7H12OS/c8-7(9)5-4-6-2-1-3-6/h6H,1-5H2,(H,8,9). The Kier molecular flexibility index (Phi) is 2.58. The van der Waals surface area contributed by atoms with Crippen molar-refractivity contribution in [2.24, 2.45) is 5.92 Å². The zero-order valence-electron chi connectivity index (χ0n) is 5.47. The molecule has 0 heterocycles. The lowest BCUT2D eigenvalue weighted by Gasteiger charge is -2.24. The lowest BCUT2D eigenvalue weighted by Crippen LogP contribution is -2.11. The van der Waals surface area contributed by atoms with Crippen molar-refractivity contribution in [3.8, 4) is 0 Å². The minimum Gasteiger partial charge on any atom is -0.288 e. The minimum atomic E-state index is 0.0434. The van der Waals surface area contributed by atoms with E-state index < -0.39 is 0 Å². The van der Waals surface area contributed by atoms with Gasteiger partial charge < -0.3 is 0 Å². The van der Waals surface area contributed by atoms with Crippen LogP contribution in [-0.4, -0.2) is 5.12 Å². The Balaban J connectivity index is 1.97. The van der Waals surface area contributed by atoms with E-state index in [0.717, 1.165) is 12.3 Å². The molecule has 1 nitrogen and oxygen atoms in total. The second kappa shape index (κ2) is 3.25. The first-order valence-electron chi connectivity index (χ1n) is 3.51. The summed E-state index contributed by atoms with van der Waals surface area (Å²) in [5.74, 6) is 0.848. The first-order chi connectivity index (χ1) is 4.29. The number of thiol groups is 1. The van der Waals surface area contributed by atoms with Gasteiger partial charge in [0, 0.05) is 6.42 Å². The molecule has 0 bridgehead atoms. The predicted octanol–water partition coefficient (Wildman–Crippen LogP) is 2.02. The molecule has 0 amide bonds. The van der Waals surface area contributed by atoms with E-state index in [1.54, 1.807) is 0 Å². The van der Waals surface area contributed by atoms with Crippen LogP contribution in [0.5, 0.6) is 0 Å². The van der Waals surface area contributed by atoms with Gasteiger partial charge in [0.1, 0.15) is 0 Å². The van der Waals surface area contributed by atoms with Gasteiger partial charge in [-0.3, -0.25) is 4.79 Å². The van der Waals surface area contributed by atoms with Crippen LogP contribution in [-0.2, 0) is 4.79 Å². The van der Waals surface area contributed by atoms with Crippen LogP contribution in [0.1, 0.15) is 32.1 Å². The molecule has 2 heteroatoms. The maximum absolute atomic E-state index is 10.4. The Hall–Kier alpha value is 0.0200. The Bertz CT molecular complexity index is 107. The normalized spacial score (nSPS) is 19.2. The van der Waals surface area contributed by atoms with Gasteiger partial charge in [-0.25, -0.2) is 0 Å². The van der Waals surface area contributed by atoms with Gasteiger partial charge in [0.05, 0.1) is 0 Å². The Morgan fingerprint density at radius 2 is 2.22 bits per heavy atom. The molecule has 1 aliphatic carbocycles. The molecule has 1 rings (SSSR count). The second-order valence-electron chi connectivity index (χ2n) is 2.73. The third-order valence-corrected chi connectivity index (χ3v) is 2.21. The van der Waals surface area contributed by atoms with Crippen molar-refractivity contribution in [2.75, 3.05) is 0 Å². The average molecular weight is 144 g/mol. The van der Waals surface area contributed by atoms with Crippen molar-refractivity contribution >= 4 is 17.7 Å². The van der Waals surface area contributed by atoms with E-state index in [1.165, 1.54) is 19.3 Å². The number of carbonyl (C=O) groups is 1. The van der Waals surface area contributed by atoms with Gasteiger partial charge in [-0.2, -0.15) is 0 Å². The van der Waals surface area contributed by atoms with Gasteiger partial charge >= 0.3 is 0 Å². The highest BCUT2D eigenvalue weighted by molar-refractivity contribution is 7.96. The molecule has 52 valence electrons. The van der Waals surface area contributed by atoms with E-state index >= 15 is 0 Å². The summed E-state index contributed by atoms with van der Waals surface area (Å²) in [5.41, 5.74) is 0. The maximum Gasteiger partial charge on any atom is 0.185 e. The highest BCUT2D eigenvalue weighted by Gasteiger charge is 2.17.